The van der Waals surface area contributed by atoms with Crippen LogP contribution in [0.1, 0.15) is 5.56 Å². The van der Waals surface area contributed by atoms with Gasteiger partial charge in [-0.2, -0.15) is 0 Å². The molecular formula is C40H44O21. The van der Waals surface area contributed by atoms with E-state index in [1.807, 2.05) is 0 Å². The lowest BCUT2D eigenvalue weighted by molar-refractivity contribution is -0.278. The maximum atomic E-state index is 13.3. The van der Waals surface area contributed by atoms with Crippen molar-refractivity contribution in [2.24, 2.45) is 0 Å². The number of carbonyl (C=O) groups excluding carboxylic acids is 1. The third kappa shape index (κ3) is 9.24. The number of esters is 1. The van der Waals surface area contributed by atoms with Crippen molar-refractivity contribution >= 4 is 23.0 Å². The fourth-order valence-corrected chi connectivity index (χ4v) is 6.55. The summed E-state index contributed by atoms with van der Waals surface area (Å²) in [6.07, 6.45) is -14.2. The van der Waals surface area contributed by atoms with Crippen LogP contribution in [0, 0.1) is 0 Å². The molecular weight excluding hydrogens is 816 g/mol. The van der Waals surface area contributed by atoms with E-state index < -0.39 is 91.8 Å². The minimum absolute atomic E-state index is 0.0342. The monoisotopic (exact) mass is 860 g/mol. The fourth-order valence-electron chi connectivity index (χ4n) is 6.55. The Bertz CT molecular complexity index is 2240. The van der Waals surface area contributed by atoms with Gasteiger partial charge in [-0.15, -0.1) is 0 Å². The van der Waals surface area contributed by atoms with Gasteiger partial charge in [0.05, 0.1) is 35.0 Å². The lowest BCUT2D eigenvalue weighted by Gasteiger charge is -2.39. The van der Waals surface area contributed by atoms with E-state index in [0.717, 1.165) is 18.2 Å². The summed E-state index contributed by atoms with van der Waals surface area (Å²) in [5.74, 6) is -2.07. The molecule has 61 heavy (non-hydrogen) atoms. The van der Waals surface area contributed by atoms with Gasteiger partial charge in [-0.3, -0.25) is 4.79 Å². The van der Waals surface area contributed by atoms with Gasteiger partial charge in [-0.05, 0) is 35.9 Å². The molecule has 10 atom stereocenters. The maximum absolute atomic E-state index is 13.3. The summed E-state index contributed by atoms with van der Waals surface area (Å²) in [5.41, 5.74) is -0.336. The van der Waals surface area contributed by atoms with Crippen LogP contribution in [0.2, 0.25) is 0 Å². The summed E-state index contributed by atoms with van der Waals surface area (Å²) < 4.78 is 55.0. The van der Waals surface area contributed by atoms with E-state index >= 15 is 0 Å². The molecule has 3 aromatic carbocycles. The highest BCUT2D eigenvalue weighted by atomic mass is 16.7. The number of hydrogen-bond acceptors (Lipinski definition) is 21. The molecule has 9 N–H and O–H groups in total. The molecule has 4 aromatic rings. The van der Waals surface area contributed by atoms with Gasteiger partial charge in [0.15, 0.2) is 28.4 Å². The Labute approximate surface area is 345 Å². The Balaban J connectivity index is 1.21. The second kappa shape index (κ2) is 18.8. The van der Waals surface area contributed by atoms with Crippen LogP contribution in [0.4, 0.5) is 0 Å². The molecule has 0 bridgehead atoms. The number of aromatic hydroxyl groups is 2. The van der Waals surface area contributed by atoms with Crippen LogP contribution >= 0.6 is 0 Å². The third-order valence-electron chi connectivity index (χ3n) is 9.84. The molecule has 0 aliphatic carbocycles. The number of aliphatic hydroxyl groups excluding tert-OH is 7. The number of aliphatic hydroxyl groups is 7. The molecule has 330 valence electrons. The zero-order valence-electron chi connectivity index (χ0n) is 32.8. The molecule has 6 rings (SSSR count). The van der Waals surface area contributed by atoms with Crippen LogP contribution in [0.5, 0.6) is 46.0 Å². The van der Waals surface area contributed by atoms with Gasteiger partial charge >= 0.3 is 5.97 Å². The molecule has 1 aromatic heterocycles. The molecule has 1 unspecified atom stereocenters. The number of benzene rings is 3. The molecule has 0 spiro atoms. The minimum Gasteiger partial charge on any atom is -0.507 e. The number of hydrogen-bond donors (Lipinski definition) is 9. The molecule has 0 saturated carbocycles. The molecule has 2 aliphatic heterocycles. The first-order valence-corrected chi connectivity index (χ1v) is 18.3. The summed E-state index contributed by atoms with van der Waals surface area (Å²) >= 11 is 0. The molecule has 2 aliphatic rings. The van der Waals surface area contributed by atoms with Gasteiger partial charge in [-0.25, -0.2) is 4.79 Å². The zero-order chi connectivity index (χ0) is 44.3. The van der Waals surface area contributed by atoms with Crippen LogP contribution in [-0.2, 0) is 19.0 Å². The fraction of sp³-hybridized carbons (Fsp3) is 0.400. The Morgan fingerprint density at radius 2 is 1.25 bits per heavy atom. The average molecular weight is 861 g/mol. The predicted octanol–water partition coefficient (Wildman–Crippen LogP) is -0.473. The Kier molecular flexibility index (Phi) is 13.8. The van der Waals surface area contributed by atoms with Gasteiger partial charge in [0.2, 0.25) is 24.1 Å². The molecule has 21 heteroatoms. The quantitative estimate of drug-likeness (QED) is 0.0572. The van der Waals surface area contributed by atoms with Crippen molar-refractivity contribution in [1.82, 2.24) is 0 Å². The summed E-state index contributed by atoms with van der Waals surface area (Å²) in [5, 5.41) is 93.2. The molecule has 3 heterocycles. The summed E-state index contributed by atoms with van der Waals surface area (Å²) in [7, 11) is 5.22. The lowest BCUT2D eigenvalue weighted by Crippen LogP contribution is -2.60. The van der Waals surface area contributed by atoms with Gasteiger partial charge in [0, 0.05) is 29.8 Å². The van der Waals surface area contributed by atoms with Crippen LogP contribution < -0.4 is 33.8 Å². The van der Waals surface area contributed by atoms with E-state index in [1.54, 1.807) is 0 Å². The topological polar surface area (TPSA) is 312 Å². The largest absolute Gasteiger partial charge is 0.507 e. The van der Waals surface area contributed by atoms with Crippen LogP contribution in [0.25, 0.3) is 28.4 Å². The van der Waals surface area contributed by atoms with Gasteiger partial charge < -0.3 is 93.0 Å². The van der Waals surface area contributed by atoms with E-state index in [4.69, 9.17) is 47.0 Å². The van der Waals surface area contributed by atoms with E-state index in [-0.39, 0.29) is 62.5 Å². The standard InChI is InChI=1S/C40H44O21/c1-52-23-7-16(8-24(53-2)31(23)45)5-6-29(44)56-15-28-33(47)35(49)36(50)39(60-28)57-18-11-19(42)30-20(43)13-21(58-22(30)12-18)17-9-25(54-3)38(26(10-17)55-4)61-40-37(51)34(48)32(46)27(14-41)59-40/h5-13,27-28,32-37,39-42,45-51H,14-15H2,1-4H3/b6-5+/t27-,28-,32-,33-,34+,35+,36-,37-,39?,40+/m1/s1. The first kappa shape index (κ1) is 44.7. The number of fused-ring (bicyclic) bond motifs is 1. The van der Waals surface area contributed by atoms with E-state index in [0.29, 0.717) is 5.56 Å². The number of phenolic OH excluding ortho intramolecular Hbond substituents is 2. The third-order valence-corrected chi connectivity index (χ3v) is 9.84. The first-order valence-electron chi connectivity index (χ1n) is 18.3. The highest BCUT2D eigenvalue weighted by molar-refractivity contribution is 5.88. The second-order valence-corrected chi connectivity index (χ2v) is 13.7. The van der Waals surface area contributed by atoms with Gasteiger partial charge in [0.1, 0.15) is 83.7 Å². The first-order chi connectivity index (χ1) is 29.1. The van der Waals surface area contributed by atoms with Gasteiger partial charge in [0.25, 0.3) is 0 Å². The van der Waals surface area contributed by atoms with Crippen molar-refractivity contribution in [1.29, 1.82) is 0 Å². The van der Waals surface area contributed by atoms with Crippen molar-refractivity contribution in [3.63, 3.8) is 0 Å². The molecule has 2 fully saturated rings. The van der Waals surface area contributed by atoms with Crippen molar-refractivity contribution in [3.05, 3.63) is 64.3 Å². The molecule has 0 radical (unpaired) electrons. The van der Waals surface area contributed by atoms with Crippen LogP contribution in [0.15, 0.2) is 57.8 Å². The summed E-state index contributed by atoms with van der Waals surface area (Å²) in [6, 6.07) is 8.89. The van der Waals surface area contributed by atoms with E-state index in [2.05, 4.69) is 0 Å². The van der Waals surface area contributed by atoms with Crippen molar-refractivity contribution in [2.45, 2.75) is 61.4 Å². The summed E-state index contributed by atoms with van der Waals surface area (Å²) in [4.78, 5) is 25.9. The van der Waals surface area contributed by atoms with Crippen molar-refractivity contribution in [2.75, 3.05) is 41.7 Å². The van der Waals surface area contributed by atoms with Crippen molar-refractivity contribution in [3.8, 4) is 57.3 Å². The van der Waals surface area contributed by atoms with Crippen LogP contribution in [-0.4, -0.2) is 155 Å². The summed E-state index contributed by atoms with van der Waals surface area (Å²) in [6.45, 7) is -1.31. The normalized spacial score (nSPS) is 26.5. The Morgan fingerprint density at radius 3 is 1.82 bits per heavy atom. The lowest BCUT2D eigenvalue weighted by atomic mass is 9.99. The average Bonchev–Trinajstić information content (AvgIpc) is 3.25. The molecule has 21 nitrogen and oxygen atoms in total. The number of rotatable bonds is 14. The number of phenols is 2. The zero-order valence-corrected chi connectivity index (χ0v) is 32.8. The number of methoxy groups -OCH3 is 4. The van der Waals surface area contributed by atoms with E-state index in [9.17, 15) is 55.5 Å². The Morgan fingerprint density at radius 1 is 0.689 bits per heavy atom. The predicted molar refractivity (Wildman–Crippen MR) is 206 cm³/mol. The highest BCUT2D eigenvalue weighted by Gasteiger charge is 2.46. The molecule has 2 saturated heterocycles. The maximum Gasteiger partial charge on any atom is 0.330 e. The van der Waals surface area contributed by atoms with Gasteiger partial charge in [-0.1, -0.05) is 0 Å². The van der Waals surface area contributed by atoms with Crippen LogP contribution in [0.3, 0.4) is 0 Å². The second-order valence-electron chi connectivity index (χ2n) is 13.7. The Hall–Kier alpha value is -5.88. The SMILES string of the molecule is COc1cc(/C=C/C(=O)OC[C@H]2OC(Oc3cc(O)c4c(=O)cc(-c5cc(OC)c(O[C@@H]6O[C@H](CO)[C@@H](O)[C@H](O)[C@H]6O)c(OC)c5)oc4c3)[C@H](O)[C@@H](O)[C@@H]2O)cc(OC)c1O. The highest BCUT2D eigenvalue weighted by Crippen LogP contribution is 2.44. The van der Waals surface area contributed by atoms with Crippen molar-refractivity contribution < 1.29 is 97.8 Å². The minimum atomic E-state index is -1.86. The number of ether oxygens (including phenoxy) is 9. The smallest absolute Gasteiger partial charge is 0.330 e. The van der Waals surface area contributed by atoms with E-state index in [1.165, 1.54) is 64.8 Å². The number of carbonyl (C=O) groups is 1. The molecule has 0 amide bonds.